The molecule has 1 aliphatic rings. The Morgan fingerprint density at radius 2 is 2.23 bits per heavy atom. The first-order valence-corrected chi connectivity index (χ1v) is 5.18. The van der Waals surface area contributed by atoms with Crippen molar-refractivity contribution in [2.75, 3.05) is 13.1 Å². The summed E-state index contributed by atoms with van der Waals surface area (Å²) >= 11 is 3.43. The lowest BCUT2D eigenvalue weighted by Gasteiger charge is -2.28. The zero-order chi connectivity index (χ0) is 9.26. The van der Waals surface area contributed by atoms with Gasteiger partial charge in [0.15, 0.2) is 0 Å². The SMILES string of the molecule is Cc1ccc(Br)cc1OC1CNC1. The molecule has 2 nitrogen and oxygen atoms in total. The minimum absolute atomic E-state index is 0.355. The summed E-state index contributed by atoms with van der Waals surface area (Å²) in [6, 6.07) is 6.11. The molecule has 0 atom stereocenters. The van der Waals surface area contributed by atoms with Crippen molar-refractivity contribution in [1.82, 2.24) is 5.32 Å². The quantitative estimate of drug-likeness (QED) is 0.857. The highest BCUT2D eigenvalue weighted by molar-refractivity contribution is 9.10. The lowest BCUT2D eigenvalue weighted by atomic mass is 10.2. The normalized spacial score (nSPS) is 16.8. The van der Waals surface area contributed by atoms with Crippen molar-refractivity contribution in [2.24, 2.45) is 0 Å². The third-order valence-electron chi connectivity index (χ3n) is 2.19. The van der Waals surface area contributed by atoms with Crippen LogP contribution in [0, 0.1) is 6.92 Å². The summed E-state index contributed by atoms with van der Waals surface area (Å²) < 4.78 is 6.84. The number of hydrogen-bond donors (Lipinski definition) is 1. The van der Waals surface area contributed by atoms with E-state index in [1.165, 1.54) is 5.56 Å². The Morgan fingerprint density at radius 3 is 2.85 bits per heavy atom. The number of nitrogens with one attached hydrogen (secondary N) is 1. The number of benzene rings is 1. The summed E-state index contributed by atoms with van der Waals surface area (Å²) in [7, 11) is 0. The van der Waals surface area contributed by atoms with Gasteiger partial charge < -0.3 is 10.1 Å². The molecule has 0 amide bonds. The van der Waals surface area contributed by atoms with Crippen LogP contribution in [0.3, 0.4) is 0 Å². The third kappa shape index (κ3) is 2.03. The molecular formula is C10H12BrNO. The molecule has 2 rings (SSSR count). The summed E-state index contributed by atoms with van der Waals surface area (Å²) in [5.74, 6) is 0.987. The van der Waals surface area contributed by atoms with Crippen molar-refractivity contribution in [2.45, 2.75) is 13.0 Å². The number of hydrogen-bond acceptors (Lipinski definition) is 2. The fourth-order valence-corrected chi connectivity index (χ4v) is 1.57. The van der Waals surface area contributed by atoms with Crippen LogP contribution in [0.4, 0.5) is 0 Å². The topological polar surface area (TPSA) is 21.3 Å². The van der Waals surface area contributed by atoms with Gasteiger partial charge in [0.25, 0.3) is 0 Å². The molecule has 3 heteroatoms. The Morgan fingerprint density at radius 1 is 1.46 bits per heavy atom. The average Bonchev–Trinajstić information content (AvgIpc) is 2.03. The minimum Gasteiger partial charge on any atom is -0.487 e. The molecule has 1 aromatic carbocycles. The minimum atomic E-state index is 0.355. The molecule has 1 heterocycles. The molecule has 70 valence electrons. The Hall–Kier alpha value is -0.540. The third-order valence-corrected chi connectivity index (χ3v) is 2.68. The number of rotatable bonds is 2. The van der Waals surface area contributed by atoms with E-state index in [1.54, 1.807) is 0 Å². The van der Waals surface area contributed by atoms with Gasteiger partial charge in [-0.1, -0.05) is 22.0 Å². The molecule has 1 N–H and O–H groups in total. The van der Waals surface area contributed by atoms with Gasteiger partial charge in [0.1, 0.15) is 11.9 Å². The van der Waals surface area contributed by atoms with Crippen LogP contribution in [0.5, 0.6) is 5.75 Å². The van der Waals surface area contributed by atoms with E-state index in [0.29, 0.717) is 6.10 Å². The molecular weight excluding hydrogens is 230 g/mol. The Balaban J connectivity index is 2.13. The molecule has 13 heavy (non-hydrogen) atoms. The van der Waals surface area contributed by atoms with Gasteiger partial charge >= 0.3 is 0 Å². The van der Waals surface area contributed by atoms with Crippen molar-refractivity contribution in [1.29, 1.82) is 0 Å². The number of aryl methyl sites for hydroxylation is 1. The molecule has 1 aromatic rings. The van der Waals surface area contributed by atoms with E-state index in [2.05, 4.69) is 34.2 Å². The van der Waals surface area contributed by atoms with Crippen molar-refractivity contribution in [3.63, 3.8) is 0 Å². The summed E-state index contributed by atoms with van der Waals surface area (Å²) in [5.41, 5.74) is 1.19. The van der Waals surface area contributed by atoms with E-state index in [0.717, 1.165) is 23.3 Å². The monoisotopic (exact) mass is 241 g/mol. The second-order valence-corrected chi connectivity index (χ2v) is 4.22. The maximum Gasteiger partial charge on any atom is 0.123 e. The van der Waals surface area contributed by atoms with E-state index in [-0.39, 0.29) is 0 Å². The van der Waals surface area contributed by atoms with Gasteiger partial charge in [-0.2, -0.15) is 0 Å². The molecule has 1 saturated heterocycles. The summed E-state index contributed by atoms with van der Waals surface area (Å²) in [5, 5.41) is 3.18. The Labute approximate surface area is 86.4 Å². The Bertz CT molecular complexity index is 310. The van der Waals surface area contributed by atoms with E-state index in [9.17, 15) is 0 Å². The average molecular weight is 242 g/mol. The summed E-state index contributed by atoms with van der Waals surface area (Å²) in [4.78, 5) is 0. The standard InChI is InChI=1S/C10H12BrNO/c1-7-2-3-8(11)4-10(7)13-9-5-12-6-9/h2-4,9,12H,5-6H2,1H3. The fourth-order valence-electron chi connectivity index (χ4n) is 1.23. The van der Waals surface area contributed by atoms with Crippen LogP contribution < -0.4 is 10.1 Å². The van der Waals surface area contributed by atoms with Gasteiger partial charge in [-0.05, 0) is 24.6 Å². The highest BCUT2D eigenvalue weighted by Gasteiger charge is 2.18. The first kappa shape index (κ1) is 9.03. The van der Waals surface area contributed by atoms with Crippen LogP contribution in [0.2, 0.25) is 0 Å². The van der Waals surface area contributed by atoms with E-state index in [1.807, 2.05) is 12.1 Å². The van der Waals surface area contributed by atoms with Crippen LogP contribution in [0.1, 0.15) is 5.56 Å². The maximum absolute atomic E-state index is 5.77. The summed E-state index contributed by atoms with van der Waals surface area (Å²) in [6.45, 7) is 3.99. The largest absolute Gasteiger partial charge is 0.487 e. The smallest absolute Gasteiger partial charge is 0.123 e. The highest BCUT2D eigenvalue weighted by atomic mass is 79.9. The predicted molar refractivity (Wildman–Crippen MR) is 56.2 cm³/mol. The van der Waals surface area contributed by atoms with Gasteiger partial charge in [-0.25, -0.2) is 0 Å². The summed E-state index contributed by atoms with van der Waals surface area (Å²) in [6.07, 6.45) is 0.355. The first-order valence-electron chi connectivity index (χ1n) is 4.39. The van der Waals surface area contributed by atoms with Crippen molar-refractivity contribution >= 4 is 15.9 Å². The second kappa shape index (κ2) is 3.68. The first-order chi connectivity index (χ1) is 6.25. The molecule has 0 aliphatic carbocycles. The molecule has 0 spiro atoms. The fraction of sp³-hybridized carbons (Fsp3) is 0.400. The van der Waals surface area contributed by atoms with E-state index in [4.69, 9.17) is 4.74 Å². The molecule has 0 bridgehead atoms. The van der Waals surface area contributed by atoms with Gasteiger partial charge in [0.2, 0.25) is 0 Å². The van der Waals surface area contributed by atoms with Crippen LogP contribution in [0.25, 0.3) is 0 Å². The lowest BCUT2D eigenvalue weighted by Crippen LogP contribution is -2.50. The van der Waals surface area contributed by atoms with Crippen LogP contribution in [-0.4, -0.2) is 19.2 Å². The predicted octanol–water partition coefficient (Wildman–Crippen LogP) is 2.11. The van der Waals surface area contributed by atoms with E-state index < -0.39 is 0 Å². The molecule has 1 aliphatic heterocycles. The van der Waals surface area contributed by atoms with Crippen LogP contribution in [0.15, 0.2) is 22.7 Å². The van der Waals surface area contributed by atoms with Crippen molar-refractivity contribution in [3.05, 3.63) is 28.2 Å². The zero-order valence-corrected chi connectivity index (χ0v) is 9.10. The molecule has 0 saturated carbocycles. The van der Waals surface area contributed by atoms with Gasteiger partial charge in [0.05, 0.1) is 0 Å². The molecule has 0 unspecified atom stereocenters. The van der Waals surface area contributed by atoms with Crippen molar-refractivity contribution in [3.8, 4) is 5.75 Å². The van der Waals surface area contributed by atoms with Gasteiger partial charge in [0, 0.05) is 17.6 Å². The second-order valence-electron chi connectivity index (χ2n) is 3.31. The van der Waals surface area contributed by atoms with E-state index >= 15 is 0 Å². The number of ether oxygens (including phenoxy) is 1. The molecule has 0 aromatic heterocycles. The van der Waals surface area contributed by atoms with Crippen molar-refractivity contribution < 1.29 is 4.74 Å². The van der Waals surface area contributed by atoms with Gasteiger partial charge in [-0.15, -0.1) is 0 Å². The highest BCUT2D eigenvalue weighted by Crippen LogP contribution is 2.24. The van der Waals surface area contributed by atoms with Crippen LogP contribution in [-0.2, 0) is 0 Å². The lowest BCUT2D eigenvalue weighted by molar-refractivity contribution is 0.141. The van der Waals surface area contributed by atoms with Crippen LogP contribution >= 0.6 is 15.9 Å². The molecule has 0 radical (unpaired) electrons. The number of halogens is 1. The maximum atomic E-state index is 5.77. The zero-order valence-electron chi connectivity index (χ0n) is 7.51. The Kier molecular flexibility index (Phi) is 2.56. The van der Waals surface area contributed by atoms with Gasteiger partial charge in [-0.3, -0.25) is 0 Å². The molecule has 1 fully saturated rings.